The van der Waals surface area contributed by atoms with Crippen LogP contribution in [-0.2, 0) is 0 Å². The zero-order chi connectivity index (χ0) is 11.2. The number of rotatable bonds is 7. The maximum atomic E-state index is 9.40. The first kappa shape index (κ1) is 13.9. The van der Waals surface area contributed by atoms with Crippen molar-refractivity contribution in [2.45, 2.75) is 47.0 Å². The van der Waals surface area contributed by atoms with Gasteiger partial charge < -0.3 is 10.2 Å². The van der Waals surface area contributed by atoms with Crippen molar-refractivity contribution < 1.29 is 10.2 Å². The largest absolute Gasteiger partial charge is 0.396 e. The molecule has 0 aliphatic carbocycles. The van der Waals surface area contributed by atoms with Gasteiger partial charge in [0.2, 0.25) is 0 Å². The molecule has 0 rings (SSSR count). The van der Waals surface area contributed by atoms with Crippen molar-refractivity contribution in [2.75, 3.05) is 13.2 Å². The van der Waals surface area contributed by atoms with Crippen LogP contribution in [0.15, 0.2) is 0 Å². The Morgan fingerprint density at radius 2 is 1.57 bits per heavy atom. The van der Waals surface area contributed by atoms with Gasteiger partial charge in [0.15, 0.2) is 0 Å². The highest BCUT2D eigenvalue weighted by atomic mass is 16.3. The minimum atomic E-state index is -0.283. The molecule has 0 fully saturated rings. The lowest BCUT2D eigenvalue weighted by atomic mass is 9.72. The summed E-state index contributed by atoms with van der Waals surface area (Å²) in [5.41, 5.74) is -0.283. The van der Waals surface area contributed by atoms with Crippen molar-refractivity contribution in [3.8, 4) is 0 Å². The van der Waals surface area contributed by atoms with Crippen molar-refractivity contribution in [2.24, 2.45) is 17.3 Å². The molecular weight excluding hydrogens is 176 g/mol. The average Bonchev–Trinajstić information content (AvgIpc) is 2.14. The maximum Gasteiger partial charge on any atom is 0.0511 e. The van der Waals surface area contributed by atoms with Crippen LogP contribution < -0.4 is 0 Å². The van der Waals surface area contributed by atoms with Gasteiger partial charge in [-0.1, -0.05) is 40.5 Å². The number of aliphatic hydroxyl groups excluding tert-OH is 2. The van der Waals surface area contributed by atoms with Crippen LogP contribution in [0.25, 0.3) is 0 Å². The molecule has 0 amide bonds. The van der Waals surface area contributed by atoms with Crippen LogP contribution in [0.4, 0.5) is 0 Å². The van der Waals surface area contributed by atoms with Gasteiger partial charge in [0.05, 0.1) is 13.2 Å². The van der Waals surface area contributed by atoms with Gasteiger partial charge in [0, 0.05) is 5.41 Å². The summed E-state index contributed by atoms with van der Waals surface area (Å²) in [6.07, 6.45) is 3.27. The van der Waals surface area contributed by atoms with Crippen molar-refractivity contribution in [3.05, 3.63) is 0 Å². The van der Waals surface area contributed by atoms with E-state index in [1.54, 1.807) is 0 Å². The molecule has 0 spiro atoms. The molecular formula is C12H26O2. The summed E-state index contributed by atoms with van der Waals surface area (Å²) < 4.78 is 0. The summed E-state index contributed by atoms with van der Waals surface area (Å²) in [4.78, 5) is 0. The lowest BCUT2D eigenvalue weighted by molar-refractivity contribution is -0.00330. The highest BCUT2D eigenvalue weighted by molar-refractivity contribution is 4.82. The molecule has 1 atom stereocenters. The van der Waals surface area contributed by atoms with Crippen LogP contribution >= 0.6 is 0 Å². The average molecular weight is 202 g/mol. The molecule has 2 heteroatoms. The molecule has 0 aromatic rings. The second kappa shape index (κ2) is 6.41. The number of hydrogen-bond donors (Lipinski definition) is 2. The van der Waals surface area contributed by atoms with E-state index in [1.165, 1.54) is 12.8 Å². The van der Waals surface area contributed by atoms with E-state index in [0.29, 0.717) is 11.8 Å². The Morgan fingerprint density at radius 1 is 1.07 bits per heavy atom. The van der Waals surface area contributed by atoms with Gasteiger partial charge in [0.1, 0.15) is 0 Å². The smallest absolute Gasteiger partial charge is 0.0511 e. The van der Waals surface area contributed by atoms with Crippen LogP contribution in [0.3, 0.4) is 0 Å². The summed E-state index contributed by atoms with van der Waals surface area (Å²) in [5, 5.41) is 18.8. The summed E-state index contributed by atoms with van der Waals surface area (Å²) in [6.45, 7) is 8.71. The quantitative estimate of drug-likeness (QED) is 0.665. The fourth-order valence-electron chi connectivity index (χ4n) is 2.07. The predicted octanol–water partition coefficient (Wildman–Crippen LogP) is 2.44. The fraction of sp³-hybridized carbons (Fsp3) is 1.00. The SMILES string of the molecule is CCCC(C)CC(CO)(CO)C(C)C. The summed E-state index contributed by atoms with van der Waals surface area (Å²) >= 11 is 0. The monoisotopic (exact) mass is 202 g/mol. The van der Waals surface area contributed by atoms with Crippen molar-refractivity contribution in [1.29, 1.82) is 0 Å². The van der Waals surface area contributed by atoms with Gasteiger partial charge in [-0.3, -0.25) is 0 Å². The minimum Gasteiger partial charge on any atom is -0.396 e. The summed E-state index contributed by atoms with van der Waals surface area (Å²) in [6, 6.07) is 0. The van der Waals surface area contributed by atoms with Gasteiger partial charge in [0.25, 0.3) is 0 Å². The third kappa shape index (κ3) is 3.58. The molecule has 0 saturated carbocycles. The molecule has 0 aliphatic heterocycles. The first-order valence-corrected chi connectivity index (χ1v) is 5.74. The van der Waals surface area contributed by atoms with E-state index in [-0.39, 0.29) is 18.6 Å². The van der Waals surface area contributed by atoms with Crippen LogP contribution in [0.2, 0.25) is 0 Å². The highest BCUT2D eigenvalue weighted by Gasteiger charge is 2.33. The molecule has 2 nitrogen and oxygen atoms in total. The Labute approximate surface area is 88.3 Å². The van der Waals surface area contributed by atoms with Crippen LogP contribution in [-0.4, -0.2) is 23.4 Å². The van der Waals surface area contributed by atoms with Gasteiger partial charge in [-0.05, 0) is 18.3 Å². The molecule has 14 heavy (non-hydrogen) atoms. The second-order valence-electron chi connectivity index (χ2n) is 4.93. The Morgan fingerprint density at radius 3 is 1.86 bits per heavy atom. The van der Waals surface area contributed by atoms with Gasteiger partial charge in [-0.2, -0.15) is 0 Å². The highest BCUT2D eigenvalue weighted by Crippen LogP contribution is 2.35. The number of hydrogen-bond acceptors (Lipinski definition) is 2. The Bertz CT molecular complexity index is 139. The Kier molecular flexibility index (Phi) is 6.38. The zero-order valence-electron chi connectivity index (χ0n) is 10.1. The number of aliphatic hydroxyl groups is 2. The normalized spacial score (nSPS) is 14.8. The van der Waals surface area contributed by atoms with E-state index in [2.05, 4.69) is 27.7 Å². The summed E-state index contributed by atoms with van der Waals surface area (Å²) in [7, 11) is 0. The van der Waals surface area contributed by atoms with E-state index in [1.807, 2.05) is 0 Å². The first-order chi connectivity index (χ1) is 6.52. The van der Waals surface area contributed by atoms with Crippen molar-refractivity contribution in [3.63, 3.8) is 0 Å². The molecule has 86 valence electrons. The molecule has 0 aliphatic rings. The summed E-state index contributed by atoms with van der Waals surface area (Å²) in [5.74, 6) is 0.915. The van der Waals surface area contributed by atoms with E-state index < -0.39 is 0 Å². The zero-order valence-corrected chi connectivity index (χ0v) is 10.1. The van der Waals surface area contributed by atoms with E-state index in [4.69, 9.17) is 0 Å². The van der Waals surface area contributed by atoms with Gasteiger partial charge >= 0.3 is 0 Å². The molecule has 1 unspecified atom stereocenters. The van der Waals surface area contributed by atoms with Crippen molar-refractivity contribution >= 4 is 0 Å². The predicted molar refractivity (Wildman–Crippen MR) is 60.1 cm³/mol. The maximum absolute atomic E-state index is 9.40. The lowest BCUT2D eigenvalue weighted by Gasteiger charge is -2.36. The Hall–Kier alpha value is -0.0800. The van der Waals surface area contributed by atoms with E-state index in [0.717, 1.165) is 6.42 Å². The third-order valence-electron chi connectivity index (χ3n) is 3.39. The van der Waals surface area contributed by atoms with Gasteiger partial charge in [-0.15, -0.1) is 0 Å². The van der Waals surface area contributed by atoms with E-state index in [9.17, 15) is 10.2 Å². The molecule has 0 aromatic carbocycles. The molecule has 0 aromatic heterocycles. The second-order valence-corrected chi connectivity index (χ2v) is 4.93. The molecule has 0 bridgehead atoms. The molecule has 2 N–H and O–H groups in total. The fourth-order valence-corrected chi connectivity index (χ4v) is 2.07. The first-order valence-electron chi connectivity index (χ1n) is 5.74. The molecule has 0 saturated heterocycles. The van der Waals surface area contributed by atoms with Crippen molar-refractivity contribution in [1.82, 2.24) is 0 Å². The molecule has 0 heterocycles. The minimum absolute atomic E-state index is 0.0925. The van der Waals surface area contributed by atoms with E-state index >= 15 is 0 Å². The lowest BCUT2D eigenvalue weighted by Crippen LogP contribution is -2.37. The van der Waals surface area contributed by atoms with Gasteiger partial charge in [-0.25, -0.2) is 0 Å². The third-order valence-corrected chi connectivity index (χ3v) is 3.39. The standard InChI is InChI=1S/C12H26O2/c1-5-6-11(4)7-12(8-13,9-14)10(2)3/h10-11,13-14H,5-9H2,1-4H3. The Balaban J connectivity index is 4.34. The molecule has 0 radical (unpaired) electrons. The van der Waals surface area contributed by atoms with Crippen LogP contribution in [0, 0.1) is 17.3 Å². The topological polar surface area (TPSA) is 40.5 Å². The van der Waals surface area contributed by atoms with Crippen LogP contribution in [0.1, 0.15) is 47.0 Å². The van der Waals surface area contributed by atoms with Crippen LogP contribution in [0.5, 0.6) is 0 Å².